The standard InChI is InChI=1S/C13H22N4O/c1-11(2)14-8-12-9-15-13(16-10-12)17-4-3-6-18-7-5-17/h9-11,14H,3-8H2,1-2H3. The first-order valence-electron chi connectivity index (χ1n) is 6.62. The van der Waals surface area contributed by atoms with Crippen LogP contribution in [0.2, 0.25) is 0 Å². The maximum atomic E-state index is 5.43. The van der Waals surface area contributed by atoms with E-state index in [1.165, 1.54) is 0 Å². The summed E-state index contributed by atoms with van der Waals surface area (Å²) in [5, 5.41) is 3.36. The van der Waals surface area contributed by atoms with Gasteiger partial charge in [-0.25, -0.2) is 9.97 Å². The minimum atomic E-state index is 0.479. The molecule has 0 unspecified atom stereocenters. The number of hydrogen-bond acceptors (Lipinski definition) is 5. The van der Waals surface area contributed by atoms with Crippen LogP contribution in [0.5, 0.6) is 0 Å². The van der Waals surface area contributed by atoms with Crippen LogP contribution < -0.4 is 10.2 Å². The van der Waals surface area contributed by atoms with E-state index in [1.54, 1.807) is 0 Å². The fraction of sp³-hybridized carbons (Fsp3) is 0.692. The Balaban J connectivity index is 1.93. The second-order valence-electron chi connectivity index (χ2n) is 4.88. The summed E-state index contributed by atoms with van der Waals surface area (Å²) < 4.78 is 5.43. The zero-order valence-corrected chi connectivity index (χ0v) is 11.2. The summed E-state index contributed by atoms with van der Waals surface area (Å²) in [6, 6.07) is 0.479. The first kappa shape index (κ1) is 13.2. The molecule has 0 saturated carbocycles. The first-order chi connectivity index (χ1) is 8.75. The predicted molar refractivity (Wildman–Crippen MR) is 71.7 cm³/mol. The van der Waals surface area contributed by atoms with Crippen molar-refractivity contribution in [3.05, 3.63) is 18.0 Å². The first-order valence-corrected chi connectivity index (χ1v) is 6.62. The molecule has 0 radical (unpaired) electrons. The second kappa shape index (κ2) is 6.66. The molecule has 1 fully saturated rings. The van der Waals surface area contributed by atoms with E-state index in [2.05, 4.69) is 34.0 Å². The van der Waals surface area contributed by atoms with Crippen LogP contribution in [0, 0.1) is 0 Å². The summed E-state index contributed by atoms with van der Waals surface area (Å²) in [6.45, 7) is 8.54. The molecule has 1 aliphatic rings. The lowest BCUT2D eigenvalue weighted by atomic mass is 10.3. The highest BCUT2D eigenvalue weighted by Gasteiger charge is 2.12. The smallest absolute Gasteiger partial charge is 0.225 e. The molecule has 0 atom stereocenters. The molecule has 1 aromatic rings. The molecule has 0 aliphatic carbocycles. The Hall–Kier alpha value is -1.20. The van der Waals surface area contributed by atoms with Crippen LogP contribution in [-0.2, 0) is 11.3 Å². The molecule has 5 nitrogen and oxygen atoms in total. The molecule has 0 bridgehead atoms. The SMILES string of the molecule is CC(C)NCc1cnc(N2CCCOCC2)nc1. The molecule has 1 aliphatic heterocycles. The Kier molecular flexibility index (Phi) is 4.90. The molecule has 0 aromatic carbocycles. The van der Waals surface area contributed by atoms with Gasteiger partial charge in [-0.2, -0.15) is 0 Å². The van der Waals surface area contributed by atoms with E-state index in [9.17, 15) is 0 Å². The van der Waals surface area contributed by atoms with Crippen LogP contribution in [0.25, 0.3) is 0 Å². The zero-order valence-electron chi connectivity index (χ0n) is 11.2. The van der Waals surface area contributed by atoms with E-state index in [0.717, 1.165) is 50.8 Å². The Morgan fingerprint density at radius 1 is 1.28 bits per heavy atom. The van der Waals surface area contributed by atoms with E-state index < -0.39 is 0 Å². The van der Waals surface area contributed by atoms with E-state index in [-0.39, 0.29) is 0 Å². The molecular formula is C13H22N4O. The van der Waals surface area contributed by atoms with Crippen LogP contribution >= 0.6 is 0 Å². The summed E-state index contributed by atoms with van der Waals surface area (Å²) in [6.07, 6.45) is 4.85. The maximum Gasteiger partial charge on any atom is 0.225 e. The summed E-state index contributed by atoms with van der Waals surface area (Å²) in [5.41, 5.74) is 1.12. The van der Waals surface area contributed by atoms with Crippen molar-refractivity contribution < 1.29 is 4.74 Å². The Labute approximate surface area is 109 Å². The molecule has 18 heavy (non-hydrogen) atoms. The second-order valence-corrected chi connectivity index (χ2v) is 4.88. The van der Waals surface area contributed by atoms with Crippen molar-refractivity contribution >= 4 is 5.95 Å². The van der Waals surface area contributed by atoms with Crippen molar-refractivity contribution in [1.82, 2.24) is 15.3 Å². The lowest BCUT2D eigenvalue weighted by Crippen LogP contribution is -2.28. The molecule has 1 aromatic heterocycles. The summed E-state index contributed by atoms with van der Waals surface area (Å²) >= 11 is 0. The lowest BCUT2D eigenvalue weighted by Gasteiger charge is -2.19. The highest BCUT2D eigenvalue weighted by Crippen LogP contribution is 2.09. The average molecular weight is 250 g/mol. The van der Waals surface area contributed by atoms with Gasteiger partial charge in [-0.3, -0.25) is 0 Å². The van der Waals surface area contributed by atoms with Crippen molar-refractivity contribution in [2.75, 3.05) is 31.2 Å². The van der Waals surface area contributed by atoms with Gasteiger partial charge in [0.25, 0.3) is 0 Å². The van der Waals surface area contributed by atoms with E-state index in [4.69, 9.17) is 4.74 Å². The third-order valence-corrected chi connectivity index (χ3v) is 2.91. The van der Waals surface area contributed by atoms with Crippen molar-refractivity contribution in [1.29, 1.82) is 0 Å². The maximum absolute atomic E-state index is 5.43. The summed E-state index contributed by atoms with van der Waals surface area (Å²) in [4.78, 5) is 11.1. The number of anilines is 1. The Morgan fingerprint density at radius 3 is 2.78 bits per heavy atom. The minimum absolute atomic E-state index is 0.479. The number of nitrogens with one attached hydrogen (secondary N) is 1. The fourth-order valence-corrected chi connectivity index (χ4v) is 1.87. The number of hydrogen-bond donors (Lipinski definition) is 1. The van der Waals surface area contributed by atoms with Crippen LogP contribution in [0.15, 0.2) is 12.4 Å². The monoisotopic (exact) mass is 250 g/mol. The molecule has 100 valence electrons. The molecule has 2 heterocycles. The third-order valence-electron chi connectivity index (χ3n) is 2.91. The number of aromatic nitrogens is 2. The summed E-state index contributed by atoms with van der Waals surface area (Å²) in [5.74, 6) is 0.814. The molecular weight excluding hydrogens is 228 g/mol. The van der Waals surface area contributed by atoms with Gasteiger partial charge in [-0.15, -0.1) is 0 Å². The number of ether oxygens (including phenoxy) is 1. The van der Waals surface area contributed by atoms with E-state index in [0.29, 0.717) is 6.04 Å². The van der Waals surface area contributed by atoms with Gasteiger partial charge >= 0.3 is 0 Å². The summed E-state index contributed by atoms with van der Waals surface area (Å²) in [7, 11) is 0. The van der Waals surface area contributed by atoms with Gasteiger partial charge in [0.05, 0.1) is 6.61 Å². The molecule has 0 spiro atoms. The number of nitrogens with zero attached hydrogens (tertiary/aromatic N) is 3. The molecule has 5 heteroatoms. The average Bonchev–Trinajstić information content (AvgIpc) is 2.66. The van der Waals surface area contributed by atoms with E-state index in [1.807, 2.05) is 12.4 Å². The molecule has 1 N–H and O–H groups in total. The van der Waals surface area contributed by atoms with Crippen molar-refractivity contribution in [2.45, 2.75) is 32.9 Å². The van der Waals surface area contributed by atoms with Gasteiger partial charge in [0, 0.05) is 50.2 Å². The highest BCUT2D eigenvalue weighted by atomic mass is 16.5. The van der Waals surface area contributed by atoms with Crippen molar-refractivity contribution in [3.8, 4) is 0 Å². The largest absolute Gasteiger partial charge is 0.380 e. The van der Waals surface area contributed by atoms with Crippen LogP contribution in [0.1, 0.15) is 25.8 Å². The quantitative estimate of drug-likeness (QED) is 0.870. The molecule has 2 rings (SSSR count). The van der Waals surface area contributed by atoms with Crippen LogP contribution in [-0.4, -0.2) is 42.3 Å². The van der Waals surface area contributed by atoms with E-state index >= 15 is 0 Å². The van der Waals surface area contributed by atoms with Crippen LogP contribution in [0.3, 0.4) is 0 Å². The van der Waals surface area contributed by atoms with Crippen molar-refractivity contribution in [3.63, 3.8) is 0 Å². The van der Waals surface area contributed by atoms with Gasteiger partial charge in [0.1, 0.15) is 0 Å². The predicted octanol–water partition coefficient (Wildman–Crippen LogP) is 1.20. The molecule has 1 saturated heterocycles. The topological polar surface area (TPSA) is 50.3 Å². The zero-order chi connectivity index (χ0) is 12.8. The Bertz CT molecular complexity index is 345. The van der Waals surface area contributed by atoms with Crippen LogP contribution in [0.4, 0.5) is 5.95 Å². The van der Waals surface area contributed by atoms with Crippen molar-refractivity contribution in [2.24, 2.45) is 0 Å². The normalized spacial score (nSPS) is 16.9. The van der Waals surface area contributed by atoms with Gasteiger partial charge in [0.2, 0.25) is 5.95 Å². The minimum Gasteiger partial charge on any atom is -0.380 e. The number of rotatable bonds is 4. The van der Waals surface area contributed by atoms with Gasteiger partial charge in [-0.1, -0.05) is 13.8 Å². The third kappa shape index (κ3) is 3.92. The lowest BCUT2D eigenvalue weighted by molar-refractivity contribution is 0.152. The fourth-order valence-electron chi connectivity index (χ4n) is 1.87. The van der Waals surface area contributed by atoms with Gasteiger partial charge < -0.3 is 15.0 Å². The van der Waals surface area contributed by atoms with Gasteiger partial charge in [-0.05, 0) is 6.42 Å². The molecule has 0 amide bonds. The van der Waals surface area contributed by atoms with Gasteiger partial charge in [0.15, 0.2) is 0 Å². The highest BCUT2D eigenvalue weighted by molar-refractivity contribution is 5.29. The Morgan fingerprint density at radius 2 is 2.06 bits per heavy atom.